The largest absolute Gasteiger partial charge is 0.467 e. The lowest BCUT2D eigenvalue weighted by Crippen LogP contribution is -2.35. The van der Waals surface area contributed by atoms with E-state index in [-0.39, 0.29) is 24.4 Å². The molecule has 4 atom stereocenters. The van der Waals surface area contributed by atoms with Crippen molar-refractivity contribution in [3.05, 3.63) is 65.7 Å². The molecule has 2 aromatic rings. The van der Waals surface area contributed by atoms with Gasteiger partial charge in [0, 0.05) is 5.69 Å². The van der Waals surface area contributed by atoms with Crippen LogP contribution in [0, 0.1) is 5.92 Å². The van der Waals surface area contributed by atoms with E-state index in [0.717, 1.165) is 7.11 Å². The van der Waals surface area contributed by atoms with Gasteiger partial charge in [-0.3, -0.25) is 19.2 Å². The van der Waals surface area contributed by atoms with Crippen LogP contribution in [0.3, 0.4) is 0 Å². The van der Waals surface area contributed by atoms with Crippen molar-refractivity contribution in [2.45, 2.75) is 51.7 Å². The van der Waals surface area contributed by atoms with Gasteiger partial charge in [-0.05, 0) is 56.5 Å². The normalized spacial score (nSPS) is 15.3. The number of rotatable bonds is 11. The molecule has 0 bridgehead atoms. The number of esters is 2. The first-order valence-corrected chi connectivity index (χ1v) is 13.5. The van der Waals surface area contributed by atoms with Crippen LogP contribution in [0.4, 0.5) is 10.5 Å². The average molecular weight is 551 g/mol. The minimum absolute atomic E-state index is 0.0940. The fourth-order valence-electron chi connectivity index (χ4n) is 3.39. The van der Waals surface area contributed by atoms with E-state index in [4.69, 9.17) is 24.5 Å². The van der Waals surface area contributed by atoms with E-state index >= 15 is 0 Å². The number of ether oxygens (including phenoxy) is 3. The third-order valence-electron chi connectivity index (χ3n) is 5.23. The Hall–Kier alpha value is -3.24. The predicted octanol–water partition coefficient (Wildman–Crippen LogP) is 4.16. The number of nitrogens with two attached hydrogens (primary N) is 1. The molecule has 0 fully saturated rings. The number of carbonyl (C=O) groups excluding carboxylic acids is 3. The summed E-state index contributed by atoms with van der Waals surface area (Å²) in [5.41, 5.74) is 4.30. The van der Waals surface area contributed by atoms with Crippen LogP contribution < -0.4 is 11.1 Å². The van der Waals surface area contributed by atoms with E-state index in [2.05, 4.69) is 5.32 Å². The SMILES string of the molecule is COC(=O)C(OP(=O)(O)C(C(=O)OCc1ccccc1)C(C)CN)c1cccc(NC(=O)OC(C)(C)C)c1. The zero-order valence-corrected chi connectivity index (χ0v) is 23.0. The van der Waals surface area contributed by atoms with Gasteiger partial charge in [0.05, 0.1) is 7.11 Å². The minimum Gasteiger partial charge on any atom is -0.467 e. The van der Waals surface area contributed by atoms with Crippen LogP contribution in [0.1, 0.15) is 44.9 Å². The summed E-state index contributed by atoms with van der Waals surface area (Å²) in [5, 5.41) is 2.52. The van der Waals surface area contributed by atoms with Gasteiger partial charge in [0.15, 0.2) is 11.8 Å². The molecule has 0 saturated heterocycles. The predicted molar refractivity (Wildman–Crippen MR) is 140 cm³/mol. The highest BCUT2D eigenvalue weighted by atomic mass is 31.2. The Bertz CT molecular complexity index is 1150. The average Bonchev–Trinajstić information content (AvgIpc) is 2.85. The van der Waals surface area contributed by atoms with Crippen molar-refractivity contribution in [2.24, 2.45) is 11.7 Å². The van der Waals surface area contributed by atoms with Gasteiger partial charge in [-0.15, -0.1) is 0 Å². The first-order valence-electron chi connectivity index (χ1n) is 11.9. The molecule has 2 aromatic carbocycles. The molecular weight excluding hydrogens is 515 g/mol. The Morgan fingerprint density at radius 2 is 1.71 bits per heavy atom. The second-order valence-corrected chi connectivity index (χ2v) is 11.5. The van der Waals surface area contributed by atoms with Crippen molar-refractivity contribution in [1.29, 1.82) is 0 Å². The molecule has 0 aliphatic heterocycles. The van der Waals surface area contributed by atoms with Crippen molar-refractivity contribution in [3.8, 4) is 0 Å². The third-order valence-corrected chi connectivity index (χ3v) is 7.17. The molecule has 11 nitrogen and oxygen atoms in total. The Balaban J connectivity index is 2.31. The molecule has 0 aliphatic carbocycles. The lowest BCUT2D eigenvalue weighted by atomic mass is 10.1. The molecule has 1 amide bonds. The maximum Gasteiger partial charge on any atom is 0.412 e. The number of amides is 1. The van der Waals surface area contributed by atoms with Crippen molar-refractivity contribution in [1.82, 2.24) is 0 Å². The summed E-state index contributed by atoms with van der Waals surface area (Å²) in [6, 6.07) is 14.6. The van der Waals surface area contributed by atoms with Gasteiger partial charge in [0.25, 0.3) is 0 Å². The lowest BCUT2D eigenvalue weighted by Gasteiger charge is -2.28. The standard InChI is InChI=1S/C26H35N2O9P/c1-17(15-27)22(24(30)35-16-18-10-7-6-8-11-18)38(32,33)37-21(23(29)34-5)19-12-9-13-20(14-19)28-25(31)36-26(2,3)4/h6-14,17,21-22H,15-16,27H2,1-5H3,(H,28,31)(H,32,33). The van der Waals surface area contributed by atoms with Crippen molar-refractivity contribution < 1.29 is 42.6 Å². The van der Waals surface area contributed by atoms with Gasteiger partial charge in [-0.25, -0.2) is 9.59 Å². The van der Waals surface area contributed by atoms with Crippen LogP contribution in [-0.2, 0) is 39.5 Å². The number of hydrogen-bond donors (Lipinski definition) is 3. The van der Waals surface area contributed by atoms with Crippen LogP contribution >= 0.6 is 7.60 Å². The molecule has 0 radical (unpaired) electrons. The second-order valence-electron chi connectivity index (χ2n) is 9.58. The molecule has 0 aromatic heterocycles. The van der Waals surface area contributed by atoms with Crippen LogP contribution in [0.25, 0.3) is 0 Å². The summed E-state index contributed by atoms with van der Waals surface area (Å²) < 4.78 is 34.2. The van der Waals surface area contributed by atoms with E-state index in [0.29, 0.717) is 5.56 Å². The molecule has 0 aliphatic rings. The topological polar surface area (TPSA) is 163 Å². The van der Waals surface area contributed by atoms with E-state index in [9.17, 15) is 23.8 Å². The number of benzene rings is 2. The number of hydrogen-bond acceptors (Lipinski definition) is 9. The molecule has 4 N–H and O–H groups in total. The van der Waals surface area contributed by atoms with Gasteiger partial charge >= 0.3 is 25.6 Å². The lowest BCUT2D eigenvalue weighted by molar-refractivity contribution is -0.151. The van der Waals surface area contributed by atoms with Gasteiger partial charge in [-0.2, -0.15) is 0 Å². The molecule has 0 saturated carbocycles. The van der Waals surface area contributed by atoms with E-state index in [1.165, 1.54) is 31.2 Å². The van der Waals surface area contributed by atoms with Gasteiger partial charge in [0.2, 0.25) is 0 Å². The molecule has 4 unspecified atom stereocenters. The third kappa shape index (κ3) is 9.25. The summed E-state index contributed by atoms with van der Waals surface area (Å²) >= 11 is 0. The Labute approximate surface area is 222 Å². The van der Waals surface area contributed by atoms with Gasteiger partial charge in [-0.1, -0.05) is 49.4 Å². The number of nitrogens with one attached hydrogen (secondary N) is 1. The van der Waals surface area contributed by atoms with Gasteiger partial charge < -0.3 is 24.8 Å². The zero-order chi connectivity index (χ0) is 28.5. The fraction of sp³-hybridized carbons (Fsp3) is 0.423. The maximum absolute atomic E-state index is 13.5. The summed E-state index contributed by atoms with van der Waals surface area (Å²) in [5.74, 6) is -2.82. The molecule has 0 heterocycles. The summed E-state index contributed by atoms with van der Waals surface area (Å²) in [7, 11) is -3.80. The number of carbonyl (C=O) groups is 3. The summed E-state index contributed by atoms with van der Waals surface area (Å²) in [4.78, 5) is 48.7. The second kappa shape index (κ2) is 13.5. The maximum atomic E-state index is 13.5. The van der Waals surface area contributed by atoms with Crippen molar-refractivity contribution in [2.75, 3.05) is 19.0 Å². The Morgan fingerprint density at radius 1 is 1.05 bits per heavy atom. The Kier molecular flexibility index (Phi) is 11.0. The first kappa shape index (κ1) is 31.0. The molecule has 0 spiro atoms. The van der Waals surface area contributed by atoms with Crippen LogP contribution in [-0.4, -0.2) is 47.8 Å². The van der Waals surface area contributed by atoms with Crippen molar-refractivity contribution >= 4 is 31.3 Å². The summed E-state index contributed by atoms with van der Waals surface area (Å²) in [6.07, 6.45) is -2.44. The van der Waals surface area contributed by atoms with E-state index < -0.39 is 48.9 Å². The zero-order valence-electron chi connectivity index (χ0n) is 22.1. The van der Waals surface area contributed by atoms with E-state index in [1.807, 2.05) is 0 Å². The molecular formula is C26H35N2O9P. The fourth-order valence-corrected chi connectivity index (χ4v) is 5.14. The molecule has 12 heteroatoms. The number of anilines is 1. The summed E-state index contributed by atoms with van der Waals surface area (Å²) in [6.45, 7) is 6.34. The Morgan fingerprint density at radius 3 is 2.29 bits per heavy atom. The molecule has 38 heavy (non-hydrogen) atoms. The van der Waals surface area contributed by atoms with Crippen LogP contribution in [0.15, 0.2) is 54.6 Å². The van der Waals surface area contributed by atoms with Crippen molar-refractivity contribution in [3.63, 3.8) is 0 Å². The number of methoxy groups -OCH3 is 1. The van der Waals surface area contributed by atoms with Gasteiger partial charge in [0.1, 0.15) is 12.2 Å². The highest BCUT2D eigenvalue weighted by Crippen LogP contribution is 2.54. The molecule has 208 valence electrons. The first-order chi connectivity index (χ1) is 17.8. The molecule has 2 rings (SSSR count). The van der Waals surface area contributed by atoms with Crippen LogP contribution in [0.2, 0.25) is 0 Å². The van der Waals surface area contributed by atoms with E-state index in [1.54, 1.807) is 51.1 Å². The smallest absolute Gasteiger partial charge is 0.412 e. The highest BCUT2D eigenvalue weighted by molar-refractivity contribution is 7.54. The van der Waals surface area contributed by atoms with Crippen LogP contribution in [0.5, 0.6) is 0 Å². The monoisotopic (exact) mass is 550 g/mol. The highest BCUT2D eigenvalue weighted by Gasteiger charge is 2.46. The quantitative estimate of drug-likeness (QED) is 0.210. The minimum atomic E-state index is -4.88.